The van der Waals surface area contributed by atoms with Crippen LogP contribution in [0, 0.1) is 18.6 Å². The molecule has 0 radical (unpaired) electrons. The van der Waals surface area contributed by atoms with E-state index in [1.807, 2.05) is 13.0 Å². The third kappa shape index (κ3) is 4.13. The largest absolute Gasteiger partial charge is 0.494 e. The van der Waals surface area contributed by atoms with Crippen LogP contribution in [0.15, 0.2) is 53.3 Å². The molecule has 0 aliphatic rings. The molecule has 0 saturated carbocycles. The maximum atomic E-state index is 14.6. The van der Waals surface area contributed by atoms with E-state index in [9.17, 15) is 13.0 Å². The fraction of sp³-hybridized carbons (Fsp3) is 0.182. The average Bonchev–Trinajstić information content (AvgIpc) is 3.16. The van der Waals surface area contributed by atoms with Crippen molar-refractivity contribution in [3.63, 3.8) is 0 Å². The monoisotopic (exact) mass is 457 g/mol. The van der Waals surface area contributed by atoms with Gasteiger partial charge in [-0.1, -0.05) is 0 Å². The molecule has 166 valence electrons. The molecule has 0 atom stereocenters. The summed E-state index contributed by atoms with van der Waals surface area (Å²) in [5.74, 6) is -1.81. The molecule has 2 heterocycles. The summed E-state index contributed by atoms with van der Waals surface area (Å²) in [7, 11) is -0.993. The summed E-state index contributed by atoms with van der Waals surface area (Å²) >= 11 is 0. The van der Waals surface area contributed by atoms with Crippen molar-refractivity contribution in [1.82, 2.24) is 14.4 Å². The van der Waals surface area contributed by atoms with Crippen LogP contribution in [0.4, 0.5) is 26.0 Å². The van der Waals surface area contributed by atoms with Gasteiger partial charge < -0.3 is 10.1 Å². The van der Waals surface area contributed by atoms with E-state index >= 15 is 0 Å². The van der Waals surface area contributed by atoms with Crippen molar-refractivity contribution >= 4 is 32.6 Å². The van der Waals surface area contributed by atoms with E-state index < -0.39 is 21.4 Å². The van der Waals surface area contributed by atoms with E-state index in [1.54, 1.807) is 35.2 Å². The van der Waals surface area contributed by atoms with Gasteiger partial charge in [0, 0.05) is 45.9 Å². The highest BCUT2D eigenvalue weighted by atomic mass is 32.2. The van der Waals surface area contributed by atoms with Crippen molar-refractivity contribution < 1.29 is 17.7 Å². The summed E-state index contributed by atoms with van der Waals surface area (Å²) in [6, 6.07) is 8.24. The molecule has 0 spiro atoms. The van der Waals surface area contributed by atoms with Crippen LogP contribution >= 0.6 is 0 Å². The first-order chi connectivity index (χ1) is 15.2. The summed E-state index contributed by atoms with van der Waals surface area (Å²) in [5.41, 5.74) is 3.09. The van der Waals surface area contributed by atoms with Gasteiger partial charge in [-0.15, -0.1) is 0 Å². The Morgan fingerprint density at radius 2 is 1.91 bits per heavy atom. The van der Waals surface area contributed by atoms with Crippen LogP contribution in [0.3, 0.4) is 0 Å². The van der Waals surface area contributed by atoms with Gasteiger partial charge in [0.15, 0.2) is 23.0 Å². The van der Waals surface area contributed by atoms with E-state index in [-0.39, 0.29) is 11.3 Å². The first-order valence-electron chi connectivity index (χ1n) is 9.57. The molecule has 0 amide bonds. The number of ether oxygens (including phenoxy) is 1. The second-order valence-corrected chi connectivity index (χ2v) is 10.0. The lowest BCUT2D eigenvalue weighted by atomic mass is 10.1. The van der Waals surface area contributed by atoms with E-state index in [1.165, 1.54) is 31.6 Å². The molecule has 0 saturated heterocycles. The maximum Gasteiger partial charge on any atom is 0.201 e. The molecule has 2 aromatic carbocycles. The molecule has 1 N–H and O–H groups in total. The predicted octanol–water partition coefficient (Wildman–Crippen LogP) is 5.09. The number of hydrogen-bond donors (Lipinski definition) is 1. The molecule has 4 aromatic rings. The lowest BCUT2D eigenvalue weighted by molar-refractivity contribution is 0.372. The van der Waals surface area contributed by atoms with Gasteiger partial charge in [-0.3, -0.25) is 4.40 Å². The smallest absolute Gasteiger partial charge is 0.201 e. The Morgan fingerprint density at radius 3 is 2.59 bits per heavy atom. The number of aromatic nitrogens is 3. The van der Waals surface area contributed by atoms with Crippen molar-refractivity contribution in [3.05, 3.63) is 66.1 Å². The summed E-state index contributed by atoms with van der Waals surface area (Å²) in [6.07, 6.45) is 7.78. The number of anilines is 2. The summed E-state index contributed by atoms with van der Waals surface area (Å²) in [5, 5.41) is 3.19. The standard InChI is InChI=1S/C22H21F2N5O2S/c1-13-11-14(5-7-16(13)28-32(3,4)30)27-21-22-26-12-17(29(22)10-9-25-21)15-6-8-18(31-2)20(24)19(15)23/h5-12H,1-4H3,(H,25,27). The van der Waals surface area contributed by atoms with E-state index in [0.717, 1.165) is 11.3 Å². The van der Waals surface area contributed by atoms with Crippen LogP contribution in [0.1, 0.15) is 5.56 Å². The Hall–Kier alpha value is -3.53. The minimum atomic E-state index is -2.27. The molecule has 0 aliphatic carbocycles. The molecular formula is C22H21F2N5O2S. The Balaban J connectivity index is 1.73. The van der Waals surface area contributed by atoms with Crippen LogP contribution in [-0.2, 0) is 9.73 Å². The molecule has 0 bridgehead atoms. The fourth-order valence-corrected chi connectivity index (χ4v) is 3.98. The zero-order chi connectivity index (χ0) is 23.0. The van der Waals surface area contributed by atoms with Gasteiger partial charge in [-0.05, 0) is 42.8 Å². The number of nitrogens with zero attached hydrogens (tertiary/aromatic N) is 4. The third-order valence-corrected chi connectivity index (χ3v) is 5.38. The number of methoxy groups -OCH3 is 1. The number of nitrogens with one attached hydrogen (secondary N) is 1. The summed E-state index contributed by atoms with van der Waals surface area (Å²) in [4.78, 5) is 8.69. The zero-order valence-corrected chi connectivity index (χ0v) is 18.7. The lowest BCUT2D eigenvalue weighted by Gasteiger charge is -2.10. The van der Waals surface area contributed by atoms with Gasteiger partial charge >= 0.3 is 0 Å². The molecule has 0 aliphatic heterocycles. The predicted molar refractivity (Wildman–Crippen MR) is 121 cm³/mol. The van der Waals surface area contributed by atoms with E-state index in [2.05, 4.69) is 19.6 Å². The molecule has 7 nitrogen and oxygen atoms in total. The van der Waals surface area contributed by atoms with Crippen molar-refractivity contribution in [2.45, 2.75) is 6.92 Å². The molecule has 0 fully saturated rings. The quantitative estimate of drug-likeness (QED) is 0.451. The van der Waals surface area contributed by atoms with Gasteiger partial charge in [0.05, 0.1) is 24.7 Å². The molecule has 4 rings (SSSR count). The highest BCUT2D eigenvalue weighted by Gasteiger charge is 2.19. The van der Waals surface area contributed by atoms with Crippen LogP contribution in [0.2, 0.25) is 0 Å². The van der Waals surface area contributed by atoms with E-state index in [0.29, 0.717) is 22.8 Å². The van der Waals surface area contributed by atoms with Crippen molar-refractivity contribution in [1.29, 1.82) is 0 Å². The highest BCUT2D eigenvalue weighted by Crippen LogP contribution is 2.32. The normalized spacial score (nSPS) is 11.6. The topological polar surface area (TPSA) is 80.9 Å². The Bertz CT molecular complexity index is 1450. The van der Waals surface area contributed by atoms with E-state index in [4.69, 9.17) is 4.74 Å². The minimum absolute atomic E-state index is 0.0532. The first-order valence-corrected chi connectivity index (χ1v) is 11.9. The summed E-state index contributed by atoms with van der Waals surface area (Å²) < 4.78 is 51.5. The molecule has 0 unspecified atom stereocenters. The number of fused-ring (bicyclic) bond motifs is 1. The van der Waals surface area contributed by atoms with Crippen LogP contribution < -0.4 is 10.1 Å². The SMILES string of the molecule is COc1ccc(-c2cnc3c(Nc4ccc(N=S(C)(C)=O)c(C)c4)nccn23)c(F)c1F. The molecular weight excluding hydrogens is 436 g/mol. The van der Waals surface area contributed by atoms with Gasteiger partial charge in [0.1, 0.15) is 0 Å². The van der Waals surface area contributed by atoms with Crippen LogP contribution in [0.5, 0.6) is 5.75 Å². The van der Waals surface area contributed by atoms with Gasteiger partial charge in [-0.2, -0.15) is 8.75 Å². The van der Waals surface area contributed by atoms with Gasteiger partial charge in [-0.25, -0.2) is 18.6 Å². The van der Waals surface area contributed by atoms with Crippen molar-refractivity contribution in [2.75, 3.05) is 24.9 Å². The number of halogens is 2. The van der Waals surface area contributed by atoms with Crippen LogP contribution in [-0.4, -0.2) is 38.2 Å². The first kappa shape index (κ1) is 21.7. The van der Waals surface area contributed by atoms with Crippen LogP contribution in [0.25, 0.3) is 16.9 Å². The second-order valence-electron chi connectivity index (χ2n) is 7.46. The number of aryl methyl sites for hydroxylation is 1. The van der Waals surface area contributed by atoms with Gasteiger partial charge in [0.25, 0.3) is 0 Å². The van der Waals surface area contributed by atoms with Crippen molar-refractivity contribution in [3.8, 4) is 17.0 Å². The number of benzene rings is 2. The Labute approximate surface area is 184 Å². The second kappa shape index (κ2) is 8.19. The maximum absolute atomic E-state index is 14.6. The highest BCUT2D eigenvalue weighted by molar-refractivity contribution is 7.92. The lowest BCUT2D eigenvalue weighted by Crippen LogP contribution is -2.00. The molecule has 2 aromatic heterocycles. The Morgan fingerprint density at radius 1 is 1.12 bits per heavy atom. The fourth-order valence-electron chi connectivity index (χ4n) is 3.30. The number of hydrogen-bond acceptors (Lipinski definition) is 6. The van der Waals surface area contributed by atoms with Gasteiger partial charge in [0.2, 0.25) is 5.82 Å². The van der Waals surface area contributed by atoms with Crippen molar-refractivity contribution in [2.24, 2.45) is 4.36 Å². The zero-order valence-electron chi connectivity index (χ0n) is 17.9. The number of imidazole rings is 1. The molecule has 32 heavy (non-hydrogen) atoms. The summed E-state index contributed by atoms with van der Waals surface area (Å²) in [6.45, 7) is 1.87. The average molecular weight is 458 g/mol. The minimum Gasteiger partial charge on any atom is -0.494 e. The number of rotatable bonds is 5. The third-order valence-electron chi connectivity index (χ3n) is 4.75. The Kier molecular flexibility index (Phi) is 5.55. The molecule has 10 heteroatoms.